The summed E-state index contributed by atoms with van der Waals surface area (Å²) in [7, 11) is -2.98. The van der Waals surface area contributed by atoms with Crippen LogP contribution in [0.1, 0.15) is 31.9 Å². The van der Waals surface area contributed by atoms with Crippen molar-refractivity contribution in [1.29, 1.82) is 0 Å². The second-order valence-electron chi connectivity index (χ2n) is 10.5. The molecular weight excluding hydrogens is 535 g/mol. The molecule has 0 amide bonds. The molecule has 0 fully saturated rings. The molecule has 0 saturated heterocycles. The van der Waals surface area contributed by atoms with Gasteiger partial charge >= 0.3 is 12.1 Å². The zero-order chi connectivity index (χ0) is 29.2. The molecule has 0 aliphatic heterocycles. The molecule has 0 bridgehead atoms. The summed E-state index contributed by atoms with van der Waals surface area (Å²) in [5.41, 5.74) is 1.33. The number of ether oxygens (including phenoxy) is 2. The monoisotopic (exact) mass is 566 g/mol. The Morgan fingerprint density at radius 1 is 0.975 bits per heavy atom. The summed E-state index contributed by atoms with van der Waals surface area (Å²) in [4.78, 5) is 25.4. The highest BCUT2D eigenvalue weighted by molar-refractivity contribution is 7.89. The fraction of sp³-hybridized carbons (Fsp3) is 0.267. The topological polar surface area (TPSA) is 94.9 Å². The molecule has 0 spiro atoms. The van der Waals surface area contributed by atoms with Crippen molar-refractivity contribution in [2.75, 3.05) is 13.6 Å². The van der Waals surface area contributed by atoms with E-state index in [2.05, 4.69) is 0 Å². The Balaban J connectivity index is 1.68. The first-order chi connectivity index (χ1) is 18.8. The van der Waals surface area contributed by atoms with Crippen LogP contribution in [-0.4, -0.2) is 48.5 Å². The molecule has 8 nitrogen and oxygen atoms in total. The van der Waals surface area contributed by atoms with E-state index in [1.165, 1.54) is 11.6 Å². The summed E-state index contributed by atoms with van der Waals surface area (Å²) in [6.45, 7) is 6.48. The molecule has 10 heteroatoms. The standard InChI is InChI=1S/C30H31FN2O6S/c1-20-11-12-22-16-27(33(26(22)15-20)29(35)39-30(2,3)4)24-17-23(13-14-25(24)31)40(36,37)32(5)18-28(34)38-19-21-9-7-6-8-10-21/h6-17H,18-19H2,1-5H3. The average molecular weight is 567 g/mol. The van der Waals surface area contributed by atoms with E-state index in [1.54, 1.807) is 63.2 Å². The van der Waals surface area contributed by atoms with E-state index in [-0.39, 0.29) is 22.8 Å². The van der Waals surface area contributed by atoms with Crippen molar-refractivity contribution in [3.8, 4) is 11.3 Å². The van der Waals surface area contributed by atoms with E-state index in [0.717, 1.165) is 33.6 Å². The summed E-state index contributed by atoms with van der Waals surface area (Å²) >= 11 is 0. The van der Waals surface area contributed by atoms with Crippen LogP contribution in [0.5, 0.6) is 0 Å². The fourth-order valence-corrected chi connectivity index (χ4v) is 5.25. The summed E-state index contributed by atoms with van der Waals surface area (Å²) in [6.07, 6.45) is -0.728. The smallest absolute Gasteiger partial charge is 0.419 e. The molecule has 210 valence electrons. The van der Waals surface area contributed by atoms with Crippen molar-refractivity contribution in [3.05, 3.63) is 89.7 Å². The maximum atomic E-state index is 15.3. The zero-order valence-electron chi connectivity index (χ0n) is 23.0. The van der Waals surface area contributed by atoms with Crippen molar-refractivity contribution >= 4 is 33.0 Å². The highest BCUT2D eigenvalue weighted by atomic mass is 32.2. The molecule has 4 aromatic rings. The molecule has 1 aromatic heterocycles. The van der Waals surface area contributed by atoms with Crippen LogP contribution >= 0.6 is 0 Å². The third-order valence-corrected chi connectivity index (χ3v) is 7.85. The van der Waals surface area contributed by atoms with Gasteiger partial charge in [-0.15, -0.1) is 0 Å². The van der Waals surface area contributed by atoms with Crippen molar-refractivity contribution in [2.45, 2.75) is 44.8 Å². The van der Waals surface area contributed by atoms with Gasteiger partial charge in [0.2, 0.25) is 10.0 Å². The van der Waals surface area contributed by atoms with Crippen molar-refractivity contribution in [3.63, 3.8) is 0 Å². The third kappa shape index (κ3) is 6.40. The van der Waals surface area contributed by atoms with Crippen LogP contribution in [0.3, 0.4) is 0 Å². The van der Waals surface area contributed by atoms with Gasteiger partial charge in [0, 0.05) is 18.0 Å². The molecule has 0 aliphatic rings. The van der Waals surface area contributed by atoms with Gasteiger partial charge in [-0.3, -0.25) is 4.79 Å². The first-order valence-corrected chi connectivity index (χ1v) is 14.0. The molecule has 1 heterocycles. The molecular formula is C30H31FN2O6S. The number of aromatic nitrogens is 1. The van der Waals surface area contributed by atoms with Crippen LogP contribution in [0.15, 0.2) is 77.7 Å². The van der Waals surface area contributed by atoms with Gasteiger partial charge in [0.25, 0.3) is 0 Å². The summed E-state index contributed by atoms with van der Waals surface area (Å²) in [5, 5.41) is 0.650. The van der Waals surface area contributed by atoms with E-state index in [9.17, 15) is 18.0 Å². The predicted molar refractivity (Wildman–Crippen MR) is 150 cm³/mol. The van der Waals surface area contributed by atoms with Gasteiger partial charge in [0.05, 0.1) is 16.1 Å². The lowest BCUT2D eigenvalue weighted by molar-refractivity contribution is -0.144. The van der Waals surface area contributed by atoms with Gasteiger partial charge in [-0.1, -0.05) is 42.5 Å². The minimum atomic E-state index is -4.22. The quantitative estimate of drug-likeness (QED) is 0.259. The summed E-state index contributed by atoms with van der Waals surface area (Å²) in [5.74, 6) is -1.47. The highest BCUT2D eigenvalue weighted by Crippen LogP contribution is 2.33. The van der Waals surface area contributed by atoms with Crippen molar-refractivity contribution < 1.29 is 31.9 Å². The molecule has 40 heavy (non-hydrogen) atoms. The Morgan fingerprint density at radius 3 is 2.35 bits per heavy atom. The molecule has 0 aliphatic carbocycles. The lowest BCUT2D eigenvalue weighted by atomic mass is 10.1. The second kappa shape index (κ2) is 11.2. The maximum absolute atomic E-state index is 15.3. The van der Waals surface area contributed by atoms with Crippen LogP contribution in [0, 0.1) is 12.7 Å². The SMILES string of the molecule is Cc1ccc2cc(-c3cc(S(=O)(=O)N(C)CC(=O)OCc4ccccc4)ccc3F)n(C(=O)OC(C)(C)C)c2c1. The van der Waals surface area contributed by atoms with Crippen molar-refractivity contribution in [1.82, 2.24) is 8.87 Å². The van der Waals surface area contributed by atoms with Gasteiger partial charge in [-0.25, -0.2) is 22.2 Å². The lowest BCUT2D eigenvalue weighted by Crippen LogP contribution is -2.33. The number of carbonyl (C=O) groups is 2. The number of carbonyl (C=O) groups excluding carboxylic acids is 2. The van der Waals surface area contributed by atoms with E-state index in [1.807, 2.05) is 19.1 Å². The molecule has 0 N–H and O–H groups in total. The minimum absolute atomic E-state index is 0.00292. The number of likely N-dealkylation sites (N-methyl/N-ethyl adjacent to an activating group) is 1. The third-order valence-electron chi connectivity index (χ3n) is 6.05. The molecule has 0 atom stereocenters. The average Bonchev–Trinajstić information content (AvgIpc) is 3.25. The van der Waals surface area contributed by atoms with E-state index in [4.69, 9.17) is 9.47 Å². The van der Waals surface area contributed by atoms with Crippen LogP contribution in [0.25, 0.3) is 22.2 Å². The number of hydrogen-bond acceptors (Lipinski definition) is 6. The number of sulfonamides is 1. The van der Waals surface area contributed by atoms with Gasteiger partial charge < -0.3 is 9.47 Å². The molecule has 0 unspecified atom stereocenters. The van der Waals surface area contributed by atoms with Gasteiger partial charge in [0.15, 0.2) is 0 Å². The van der Waals surface area contributed by atoms with Gasteiger partial charge in [-0.05, 0) is 69.2 Å². The first-order valence-electron chi connectivity index (χ1n) is 12.6. The number of nitrogens with zero attached hydrogens (tertiary/aromatic N) is 2. The Morgan fingerprint density at radius 2 is 1.68 bits per heavy atom. The Labute approximate surface area is 233 Å². The van der Waals surface area contributed by atoms with Crippen LogP contribution in [-0.2, 0) is 30.9 Å². The second-order valence-corrected chi connectivity index (χ2v) is 12.5. The number of rotatable bonds is 7. The highest BCUT2D eigenvalue weighted by Gasteiger charge is 2.28. The molecule has 4 rings (SSSR count). The Kier molecular flexibility index (Phi) is 8.13. The van der Waals surface area contributed by atoms with E-state index >= 15 is 4.39 Å². The molecule has 3 aromatic carbocycles. The first kappa shape index (κ1) is 29.0. The lowest BCUT2D eigenvalue weighted by Gasteiger charge is -2.21. The van der Waals surface area contributed by atoms with E-state index in [0.29, 0.717) is 10.9 Å². The Bertz CT molecular complexity index is 1670. The van der Waals surface area contributed by atoms with Gasteiger partial charge in [-0.2, -0.15) is 4.31 Å². The van der Waals surface area contributed by atoms with Crippen LogP contribution < -0.4 is 0 Å². The Hall–Kier alpha value is -4.02. The number of halogens is 1. The molecule has 0 radical (unpaired) electrons. The fourth-order valence-electron chi connectivity index (χ4n) is 4.11. The largest absolute Gasteiger partial charge is 0.460 e. The van der Waals surface area contributed by atoms with Crippen molar-refractivity contribution in [2.24, 2.45) is 0 Å². The van der Waals surface area contributed by atoms with Crippen LogP contribution in [0.4, 0.5) is 9.18 Å². The number of benzene rings is 3. The molecule has 0 saturated carbocycles. The number of esters is 1. The normalized spacial score (nSPS) is 12.1. The number of fused-ring (bicyclic) bond motifs is 1. The van der Waals surface area contributed by atoms with E-state index < -0.39 is 40.0 Å². The zero-order valence-corrected chi connectivity index (χ0v) is 23.8. The van der Waals surface area contributed by atoms with Crippen LogP contribution in [0.2, 0.25) is 0 Å². The maximum Gasteiger partial charge on any atom is 0.419 e. The number of hydrogen-bond donors (Lipinski definition) is 0. The summed E-state index contributed by atoms with van der Waals surface area (Å²) < 4.78 is 54.8. The van der Waals surface area contributed by atoms with Gasteiger partial charge in [0.1, 0.15) is 24.6 Å². The summed E-state index contributed by atoms with van der Waals surface area (Å²) in [6, 6.07) is 19.3. The number of aryl methyl sites for hydroxylation is 1. The predicted octanol–water partition coefficient (Wildman–Crippen LogP) is 5.90. The minimum Gasteiger partial charge on any atom is -0.460 e.